The summed E-state index contributed by atoms with van der Waals surface area (Å²) in [6.45, 7) is 1.81. The molecule has 1 aliphatic rings. The summed E-state index contributed by atoms with van der Waals surface area (Å²) >= 11 is 0. The van der Waals surface area contributed by atoms with Gasteiger partial charge < -0.3 is 14.6 Å². The Morgan fingerprint density at radius 1 is 1.22 bits per heavy atom. The summed E-state index contributed by atoms with van der Waals surface area (Å²) in [5.74, 6) is -0.330. The number of amides is 1. The third-order valence-electron chi connectivity index (χ3n) is 4.62. The monoisotopic (exact) mass is 314 g/mol. The maximum atomic E-state index is 12.6. The summed E-state index contributed by atoms with van der Waals surface area (Å²) in [7, 11) is 0. The number of carboxylic acids is 1. The Bertz CT molecular complexity index is 707. The number of hydrogen-bond acceptors (Lipinski definition) is 2. The van der Waals surface area contributed by atoms with Gasteiger partial charge in [-0.15, -0.1) is 0 Å². The van der Waals surface area contributed by atoms with Gasteiger partial charge in [0.05, 0.1) is 0 Å². The van der Waals surface area contributed by atoms with Crippen molar-refractivity contribution < 1.29 is 14.7 Å². The minimum atomic E-state index is -0.757. The molecule has 1 amide bonds. The van der Waals surface area contributed by atoms with Crippen molar-refractivity contribution in [1.29, 1.82) is 0 Å². The molecule has 0 spiro atoms. The van der Waals surface area contributed by atoms with Gasteiger partial charge in [-0.3, -0.25) is 9.59 Å². The summed E-state index contributed by atoms with van der Waals surface area (Å²) in [6.07, 6.45) is 4.78. The van der Waals surface area contributed by atoms with E-state index in [1.54, 1.807) is 0 Å². The molecule has 23 heavy (non-hydrogen) atoms. The average Bonchev–Trinajstić information content (AvgIpc) is 2.96. The molecule has 0 saturated carbocycles. The molecule has 5 heteroatoms. The molecular weight excluding hydrogens is 292 g/mol. The van der Waals surface area contributed by atoms with Crippen molar-refractivity contribution in [2.24, 2.45) is 5.92 Å². The Kier molecular flexibility index (Phi) is 4.65. The molecule has 1 atom stereocenters. The van der Waals surface area contributed by atoms with Crippen LogP contribution in [-0.4, -0.2) is 39.5 Å². The van der Waals surface area contributed by atoms with E-state index < -0.39 is 5.97 Å². The summed E-state index contributed by atoms with van der Waals surface area (Å²) in [5.41, 5.74) is 1.07. The number of aliphatic carboxylic acids is 1. The lowest BCUT2D eigenvalue weighted by atomic mass is 9.93. The highest BCUT2D eigenvalue weighted by Crippen LogP contribution is 2.22. The molecule has 1 aromatic heterocycles. The van der Waals surface area contributed by atoms with Gasteiger partial charge in [0.2, 0.25) is 5.91 Å². The molecule has 1 N–H and O–H groups in total. The SMILES string of the molecule is O=C(O)CCC1CCCN(C(=O)Cn2ccc3ccccc32)C1. The molecule has 2 heterocycles. The number of carbonyl (C=O) groups excluding carboxylic acids is 1. The number of carboxylic acid groups (broad SMARTS) is 1. The predicted molar refractivity (Wildman–Crippen MR) is 88.1 cm³/mol. The van der Waals surface area contributed by atoms with Crippen molar-refractivity contribution >= 4 is 22.8 Å². The van der Waals surface area contributed by atoms with Crippen LogP contribution < -0.4 is 0 Å². The Balaban J connectivity index is 1.62. The number of para-hydroxylation sites is 1. The van der Waals surface area contributed by atoms with Gasteiger partial charge >= 0.3 is 5.97 Å². The van der Waals surface area contributed by atoms with E-state index >= 15 is 0 Å². The number of aromatic nitrogens is 1. The maximum Gasteiger partial charge on any atom is 0.303 e. The van der Waals surface area contributed by atoms with Gasteiger partial charge in [-0.2, -0.15) is 0 Å². The first-order valence-corrected chi connectivity index (χ1v) is 8.17. The van der Waals surface area contributed by atoms with Crippen LogP contribution in [0.15, 0.2) is 36.5 Å². The van der Waals surface area contributed by atoms with Gasteiger partial charge in [0, 0.05) is 31.2 Å². The molecule has 3 rings (SSSR count). The number of hydrogen-bond donors (Lipinski definition) is 1. The van der Waals surface area contributed by atoms with Crippen LogP contribution in [0.5, 0.6) is 0 Å². The number of fused-ring (bicyclic) bond motifs is 1. The number of nitrogens with zero attached hydrogens (tertiary/aromatic N) is 2. The zero-order chi connectivity index (χ0) is 16.2. The number of likely N-dealkylation sites (tertiary alicyclic amines) is 1. The first-order valence-electron chi connectivity index (χ1n) is 8.17. The molecule has 1 unspecified atom stereocenters. The van der Waals surface area contributed by atoms with Crippen molar-refractivity contribution in [1.82, 2.24) is 9.47 Å². The Hall–Kier alpha value is -2.30. The summed E-state index contributed by atoms with van der Waals surface area (Å²) in [6, 6.07) is 10.1. The highest BCUT2D eigenvalue weighted by atomic mass is 16.4. The van der Waals surface area contributed by atoms with E-state index in [0.29, 0.717) is 25.4 Å². The number of carbonyl (C=O) groups is 2. The molecule has 0 aliphatic carbocycles. The highest BCUT2D eigenvalue weighted by Gasteiger charge is 2.24. The van der Waals surface area contributed by atoms with Crippen molar-refractivity contribution in [2.45, 2.75) is 32.2 Å². The molecule has 0 radical (unpaired) electrons. The normalized spacial score (nSPS) is 18.3. The molecule has 2 aromatic rings. The fraction of sp³-hybridized carbons (Fsp3) is 0.444. The molecule has 0 bridgehead atoms. The van der Waals surface area contributed by atoms with Gasteiger partial charge in [0.1, 0.15) is 6.54 Å². The maximum absolute atomic E-state index is 12.6. The predicted octanol–water partition coefficient (Wildman–Crippen LogP) is 2.74. The van der Waals surface area contributed by atoms with E-state index in [0.717, 1.165) is 30.3 Å². The van der Waals surface area contributed by atoms with Crippen molar-refractivity contribution in [3.8, 4) is 0 Å². The molecular formula is C18H22N2O3. The van der Waals surface area contributed by atoms with E-state index in [1.807, 2.05) is 46.0 Å². The lowest BCUT2D eigenvalue weighted by Gasteiger charge is -2.32. The number of benzene rings is 1. The van der Waals surface area contributed by atoms with Crippen LogP contribution in [0.1, 0.15) is 25.7 Å². The van der Waals surface area contributed by atoms with Gasteiger partial charge in [0.15, 0.2) is 0 Å². The van der Waals surface area contributed by atoms with Crippen LogP contribution >= 0.6 is 0 Å². The zero-order valence-corrected chi connectivity index (χ0v) is 13.1. The van der Waals surface area contributed by atoms with Crippen LogP contribution in [0.2, 0.25) is 0 Å². The lowest BCUT2D eigenvalue weighted by molar-refractivity contribution is -0.137. The standard InChI is InChI=1S/C18H22N2O3/c21-17(13-19-11-9-15-5-1-2-6-16(15)19)20-10-3-4-14(12-20)7-8-18(22)23/h1-2,5-6,9,11,14H,3-4,7-8,10,12-13H2,(H,22,23). The van der Waals surface area contributed by atoms with Gasteiger partial charge in [-0.1, -0.05) is 18.2 Å². The summed E-state index contributed by atoms with van der Waals surface area (Å²) in [4.78, 5) is 25.2. The molecule has 1 aliphatic heterocycles. The fourth-order valence-electron chi connectivity index (χ4n) is 3.38. The van der Waals surface area contributed by atoms with Crippen LogP contribution in [-0.2, 0) is 16.1 Å². The minimum absolute atomic E-state index is 0.117. The van der Waals surface area contributed by atoms with E-state index in [2.05, 4.69) is 0 Å². The fourth-order valence-corrected chi connectivity index (χ4v) is 3.38. The molecule has 1 aromatic carbocycles. The van der Waals surface area contributed by atoms with Gasteiger partial charge in [0.25, 0.3) is 0 Å². The Labute approximate surface area is 135 Å². The second-order valence-corrected chi connectivity index (χ2v) is 6.28. The third-order valence-corrected chi connectivity index (χ3v) is 4.62. The quantitative estimate of drug-likeness (QED) is 0.923. The summed E-state index contributed by atoms with van der Waals surface area (Å²) in [5, 5.41) is 9.94. The summed E-state index contributed by atoms with van der Waals surface area (Å²) < 4.78 is 1.98. The molecule has 1 fully saturated rings. The first-order chi connectivity index (χ1) is 11.1. The van der Waals surface area contributed by atoms with Gasteiger partial charge in [-0.25, -0.2) is 0 Å². The van der Waals surface area contributed by atoms with E-state index in [-0.39, 0.29) is 12.3 Å². The smallest absolute Gasteiger partial charge is 0.303 e. The van der Waals surface area contributed by atoms with Crippen molar-refractivity contribution in [2.75, 3.05) is 13.1 Å². The second-order valence-electron chi connectivity index (χ2n) is 6.28. The number of rotatable bonds is 5. The van der Waals surface area contributed by atoms with E-state index in [1.165, 1.54) is 0 Å². The number of piperidine rings is 1. The van der Waals surface area contributed by atoms with E-state index in [4.69, 9.17) is 5.11 Å². The van der Waals surface area contributed by atoms with E-state index in [9.17, 15) is 9.59 Å². The topological polar surface area (TPSA) is 62.5 Å². The largest absolute Gasteiger partial charge is 0.481 e. The van der Waals surface area contributed by atoms with Crippen LogP contribution in [0.3, 0.4) is 0 Å². The average molecular weight is 314 g/mol. The van der Waals surface area contributed by atoms with Crippen molar-refractivity contribution in [3.63, 3.8) is 0 Å². The zero-order valence-electron chi connectivity index (χ0n) is 13.1. The highest BCUT2D eigenvalue weighted by molar-refractivity contribution is 5.83. The van der Waals surface area contributed by atoms with Crippen LogP contribution in [0.25, 0.3) is 10.9 Å². The van der Waals surface area contributed by atoms with Crippen molar-refractivity contribution in [3.05, 3.63) is 36.5 Å². The lowest BCUT2D eigenvalue weighted by Crippen LogP contribution is -2.41. The second kappa shape index (κ2) is 6.86. The molecule has 5 nitrogen and oxygen atoms in total. The Morgan fingerprint density at radius 3 is 2.87 bits per heavy atom. The van der Waals surface area contributed by atoms with Gasteiger partial charge in [-0.05, 0) is 42.7 Å². The molecule has 122 valence electrons. The Morgan fingerprint density at radius 2 is 2.04 bits per heavy atom. The first kappa shape index (κ1) is 15.6. The third kappa shape index (κ3) is 3.73. The van der Waals surface area contributed by atoms with Crippen LogP contribution in [0.4, 0.5) is 0 Å². The minimum Gasteiger partial charge on any atom is -0.481 e. The van der Waals surface area contributed by atoms with Crippen LogP contribution in [0, 0.1) is 5.92 Å². The molecule has 1 saturated heterocycles.